The number of rotatable bonds is 9. The molecule has 0 radical (unpaired) electrons. The molecule has 0 fully saturated rings. The smallest absolute Gasteiger partial charge is 0.418 e. The minimum absolute atomic E-state index is 0. The van der Waals surface area contributed by atoms with Crippen LogP contribution in [0.2, 0.25) is 5.02 Å². The van der Waals surface area contributed by atoms with Crippen LogP contribution in [0.3, 0.4) is 0 Å². The Balaban J connectivity index is 0.00000441. The summed E-state index contributed by atoms with van der Waals surface area (Å²) in [7, 11) is 5.38. The number of aromatic nitrogens is 2. The highest BCUT2D eigenvalue weighted by atomic mass is 35.5. The average Bonchev–Trinajstić information content (AvgIpc) is 3.35. The quantitative estimate of drug-likeness (QED) is 0.213. The van der Waals surface area contributed by atoms with Gasteiger partial charge in [-0.15, -0.1) is 12.4 Å². The Hall–Kier alpha value is -3.53. The Kier molecular flexibility index (Phi) is 10.2. The van der Waals surface area contributed by atoms with E-state index in [1.807, 2.05) is 19.0 Å². The zero-order valence-corrected chi connectivity index (χ0v) is 23.7. The second-order valence-corrected chi connectivity index (χ2v) is 9.60. The highest BCUT2D eigenvalue weighted by Crippen LogP contribution is 2.41. The third kappa shape index (κ3) is 6.96. The van der Waals surface area contributed by atoms with Gasteiger partial charge in [0.2, 0.25) is 0 Å². The molecule has 0 spiro atoms. The van der Waals surface area contributed by atoms with Crippen LogP contribution in [0.4, 0.5) is 13.2 Å². The summed E-state index contributed by atoms with van der Waals surface area (Å²) in [6.07, 6.45) is -1.52. The topological polar surface area (TPSA) is 59.4 Å². The maximum absolute atomic E-state index is 14.1. The molecule has 0 aliphatic rings. The maximum atomic E-state index is 14.1. The predicted octanol–water partition coefficient (Wildman–Crippen LogP) is 6.99. The number of pyridine rings is 1. The summed E-state index contributed by atoms with van der Waals surface area (Å²) in [4.78, 5) is 18.8. The standard InChI is InChI=1S/C29H28ClF3N4O2.ClH/c1-36(2)16-4-14-35-28(38)20-7-10-22(27(17-20)39-3)25-12-11-24(19-5-8-21(30)9-6-19)37(25)26-18-34-15-13-23(26)29(31,32)33;/h5-13,15,17-18H,4,14,16H2,1-3H3,(H,35,38);1H. The first-order valence-corrected chi connectivity index (χ1v) is 12.6. The second kappa shape index (κ2) is 13.2. The minimum Gasteiger partial charge on any atom is -0.496 e. The van der Waals surface area contributed by atoms with Crippen LogP contribution in [0, 0.1) is 0 Å². The fourth-order valence-corrected chi connectivity index (χ4v) is 4.43. The van der Waals surface area contributed by atoms with Crippen molar-refractivity contribution in [2.45, 2.75) is 12.6 Å². The van der Waals surface area contributed by atoms with Gasteiger partial charge in [-0.3, -0.25) is 9.78 Å². The lowest BCUT2D eigenvalue weighted by molar-refractivity contribution is -0.137. The monoisotopic (exact) mass is 592 g/mol. The molecule has 0 atom stereocenters. The summed E-state index contributed by atoms with van der Waals surface area (Å²) in [5, 5.41) is 3.39. The first kappa shape index (κ1) is 31.0. The number of hydrogen-bond donors (Lipinski definition) is 1. The first-order chi connectivity index (χ1) is 18.6. The summed E-state index contributed by atoms with van der Waals surface area (Å²) in [5.41, 5.74) is 1.53. The van der Waals surface area contributed by atoms with Gasteiger partial charge in [-0.1, -0.05) is 23.7 Å². The lowest BCUT2D eigenvalue weighted by atomic mass is 10.1. The molecular formula is C29H29Cl2F3N4O2. The van der Waals surface area contributed by atoms with E-state index in [9.17, 15) is 18.0 Å². The number of alkyl halides is 3. The fourth-order valence-electron chi connectivity index (χ4n) is 4.30. The van der Waals surface area contributed by atoms with Crippen LogP contribution < -0.4 is 10.1 Å². The molecule has 0 saturated heterocycles. The number of methoxy groups -OCH3 is 1. The number of ether oxygens (including phenoxy) is 1. The van der Waals surface area contributed by atoms with Gasteiger partial charge in [0.25, 0.3) is 5.91 Å². The highest BCUT2D eigenvalue weighted by molar-refractivity contribution is 6.30. The van der Waals surface area contributed by atoms with Gasteiger partial charge in [-0.2, -0.15) is 13.2 Å². The van der Waals surface area contributed by atoms with Crippen molar-refractivity contribution in [1.82, 2.24) is 19.8 Å². The average molecular weight is 593 g/mol. The molecule has 0 aliphatic carbocycles. The number of carbonyl (C=O) groups is 1. The third-order valence-corrected chi connectivity index (χ3v) is 6.43. The van der Waals surface area contributed by atoms with Crippen molar-refractivity contribution in [1.29, 1.82) is 0 Å². The molecule has 40 heavy (non-hydrogen) atoms. The Labute approximate surface area is 242 Å². The molecule has 0 bridgehead atoms. The van der Waals surface area contributed by atoms with Gasteiger partial charge in [0.15, 0.2) is 0 Å². The van der Waals surface area contributed by atoms with Crippen LogP contribution in [0.1, 0.15) is 22.3 Å². The third-order valence-electron chi connectivity index (χ3n) is 6.17. The molecule has 2 heterocycles. The van der Waals surface area contributed by atoms with Gasteiger partial charge in [0, 0.05) is 28.9 Å². The molecule has 0 unspecified atom stereocenters. The number of nitrogens with one attached hydrogen (secondary N) is 1. The molecule has 212 valence electrons. The summed E-state index contributed by atoms with van der Waals surface area (Å²) >= 11 is 6.06. The Morgan fingerprint density at radius 3 is 2.40 bits per heavy atom. The van der Waals surface area contributed by atoms with Crippen molar-refractivity contribution in [3.8, 4) is 34.0 Å². The van der Waals surface area contributed by atoms with Crippen molar-refractivity contribution < 1.29 is 22.7 Å². The number of nitrogens with zero attached hydrogens (tertiary/aromatic N) is 3. The minimum atomic E-state index is -4.62. The van der Waals surface area contributed by atoms with E-state index in [2.05, 4.69) is 10.3 Å². The van der Waals surface area contributed by atoms with Crippen molar-refractivity contribution in [3.05, 3.63) is 89.2 Å². The summed E-state index contributed by atoms with van der Waals surface area (Å²) in [6.45, 7) is 1.35. The lowest BCUT2D eigenvalue weighted by Crippen LogP contribution is -2.27. The molecule has 1 N–H and O–H groups in total. The van der Waals surface area contributed by atoms with Crippen molar-refractivity contribution in [2.75, 3.05) is 34.3 Å². The number of amides is 1. The van der Waals surface area contributed by atoms with E-state index in [0.29, 0.717) is 45.4 Å². The Bertz CT molecular complexity index is 1450. The largest absolute Gasteiger partial charge is 0.496 e. The Morgan fingerprint density at radius 1 is 1.05 bits per heavy atom. The number of hydrogen-bond acceptors (Lipinski definition) is 4. The van der Waals surface area contributed by atoms with E-state index in [1.165, 1.54) is 17.9 Å². The Morgan fingerprint density at radius 2 is 1.75 bits per heavy atom. The molecule has 1 amide bonds. The summed E-state index contributed by atoms with van der Waals surface area (Å²) in [5.74, 6) is 0.0813. The van der Waals surface area contributed by atoms with Crippen LogP contribution in [-0.4, -0.2) is 54.7 Å². The van der Waals surface area contributed by atoms with Crippen LogP contribution in [0.25, 0.3) is 28.2 Å². The van der Waals surface area contributed by atoms with E-state index in [4.69, 9.17) is 16.3 Å². The van der Waals surface area contributed by atoms with Gasteiger partial charge < -0.3 is 19.5 Å². The number of carbonyl (C=O) groups excluding carboxylic acids is 1. The van der Waals surface area contributed by atoms with Crippen LogP contribution in [0.5, 0.6) is 5.75 Å². The molecule has 4 aromatic rings. The molecule has 6 nitrogen and oxygen atoms in total. The van der Waals surface area contributed by atoms with Crippen molar-refractivity contribution >= 4 is 29.9 Å². The fraction of sp³-hybridized carbons (Fsp3) is 0.241. The van der Waals surface area contributed by atoms with Crippen molar-refractivity contribution in [2.24, 2.45) is 0 Å². The highest BCUT2D eigenvalue weighted by Gasteiger charge is 2.35. The molecule has 0 saturated carbocycles. The predicted molar refractivity (Wildman–Crippen MR) is 154 cm³/mol. The van der Waals surface area contributed by atoms with Crippen LogP contribution in [0.15, 0.2) is 73.1 Å². The second-order valence-electron chi connectivity index (χ2n) is 9.16. The van der Waals surface area contributed by atoms with E-state index < -0.39 is 11.7 Å². The molecular weight excluding hydrogens is 564 g/mol. The molecule has 4 rings (SSSR count). The zero-order chi connectivity index (χ0) is 28.2. The molecule has 11 heteroatoms. The maximum Gasteiger partial charge on any atom is 0.418 e. The van der Waals surface area contributed by atoms with Crippen LogP contribution in [-0.2, 0) is 6.18 Å². The van der Waals surface area contributed by atoms with E-state index >= 15 is 0 Å². The molecule has 0 aliphatic heterocycles. The number of benzene rings is 2. The van der Waals surface area contributed by atoms with Gasteiger partial charge in [-0.05, 0) is 81.2 Å². The zero-order valence-electron chi connectivity index (χ0n) is 22.1. The summed E-state index contributed by atoms with van der Waals surface area (Å²) in [6, 6.07) is 16.1. The SMILES string of the molecule is COc1cc(C(=O)NCCCN(C)C)ccc1-c1ccc(-c2ccc(Cl)cc2)n1-c1cnccc1C(F)(F)F.Cl. The van der Waals surface area contributed by atoms with Gasteiger partial charge >= 0.3 is 6.18 Å². The van der Waals surface area contributed by atoms with E-state index in [-0.39, 0.29) is 24.0 Å². The van der Waals surface area contributed by atoms with E-state index in [1.54, 1.807) is 54.6 Å². The number of halogens is 5. The summed E-state index contributed by atoms with van der Waals surface area (Å²) < 4.78 is 49.4. The van der Waals surface area contributed by atoms with Gasteiger partial charge in [-0.25, -0.2) is 0 Å². The van der Waals surface area contributed by atoms with E-state index in [0.717, 1.165) is 25.2 Å². The lowest BCUT2D eigenvalue weighted by Gasteiger charge is -2.20. The first-order valence-electron chi connectivity index (χ1n) is 12.2. The van der Waals surface area contributed by atoms with Gasteiger partial charge in [0.1, 0.15) is 5.75 Å². The molecule has 2 aromatic heterocycles. The van der Waals surface area contributed by atoms with Crippen molar-refractivity contribution in [3.63, 3.8) is 0 Å². The molecule has 2 aromatic carbocycles. The van der Waals surface area contributed by atoms with Crippen LogP contribution >= 0.6 is 24.0 Å². The normalized spacial score (nSPS) is 11.3. The van der Waals surface area contributed by atoms with Gasteiger partial charge in [0.05, 0.1) is 35.9 Å².